The molecule has 4 rings (SSSR count). The van der Waals surface area contributed by atoms with Gasteiger partial charge >= 0.3 is 12.1 Å². The molecule has 0 aromatic carbocycles. The molecular weight excluding hydrogens is 376 g/mol. The van der Waals surface area contributed by atoms with Gasteiger partial charge in [-0.25, -0.2) is 9.59 Å². The smallest absolute Gasteiger partial charge is 0.414 e. The third-order valence-electron chi connectivity index (χ3n) is 6.51. The summed E-state index contributed by atoms with van der Waals surface area (Å²) in [7, 11) is 0. The summed E-state index contributed by atoms with van der Waals surface area (Å²) in [6, 6.07) is -0.441. The largest absolute Gasteiger partial charge is 0.450 e. The first kappa shape index (κ1) is 21.5. The molecule has 4 aliphatic rings. The topological polar surface area (TPSA) is 118 Å². The number of ether oxygens (including phenoxy) is 1. The van der Waals surface area contributed by atoms with Crippen molar-refractivity contribution < 1.29 is 28.8 Å². The molecule has 4 aliphatic carbocycles. The van der Waals surface area contributed by atoms with Crippen LogP contribution in [0.5, 0.6) is 0 Å². The van der Waals surface area contributed by atoms with Gasteiger partial charge in [0.05, 0.1) is 13.2 Å². The number of hydrogen-bond donors (Lipinski definition) is 4. The monoisotopic (exact) mass is 409 g/mol. The van der Waals surface area contributed by atoms with E-state index in [1.54, 1.807) is 6.92 Å². The van der Waals surface area contributed by atoms with Gasteiger partial charge in [0, 0.05) is 5.54 Å². The van der Waals surface area contributed by atoms with Crippen molar-refractivity contribution in [3.8, 4) is 0 Å². The molecule has 29 heavy (non-hydrogen) atoms. The molecule has 0 spiro atoms. The highest BCUT2D eigenvalue weighted by Crippen LogP contribution is 2.55. The lowest BCUT2D eigenvalue weighted by Crippen LogP contribution is -3.14. The van der Waals surface area contributed by atoms with Crippen molar-refractivity contribution in [1.29, 1.82) is 0 Å². The standard InChI is InChI=1S/C20H32N4O5/c1-3-24(12-17(26)22-19(28)29-4-2)11-16(25)21-18(27)23-20-8-13-5-14(9-20)7-15(6-13)10-20/h13-15H,3-12H2,1-2H3,(H,22,26,28)(H2,21,23,25,27)/p+1. The molecule has 5 amide bonds. The molecule has 0 heterocycles. The van der Waals surface area contributed by atoms with Crippen LogP contribution in [0.25, 0.3) is 0 Å². The molecule has 0 aromatic rings. The molecule has 162 valence electrons. The van der Waals surface area contributed by atoms with E-state index in [0.29, 0.717) is 29.2 Å². The van der Waals surface area contributed by atoms with E-state index < -0.39 is 23.9 Å². The van der Waals surface area contributed by atoms with Crippen LogP contribution in [0.4, 0.5) is 9.59 Å². The highest BCUT2D eigenvalue weighted by molar-refractivity contribution is 5.95. The summed E-state index contributed by atoms with van der Waals surface area (Å²) in [6.45, 7) is 4.06. The maximum absolute atomic E-state index is 12.5. The molecule has 1 atom stereocenters. The quantitative estimate of drug-likeness (QED) is 0.471. The van der Waals surface area contributed by atoms with E-state index in [-0.39, 0.29) is 25.2 Å². The van der Waals surface area contributed by atoms with Crippen molar-refractivity contribution in [3.63, 3.8) is 0 Å². The number of amides is 5. The zero-order chi connectivity index (χ0) is 21.0. The fourth-order valence-electron chi connectivity index (χ4n) is 5.80. The lowest BCUT2D eigenvalue weighted by molar-refractivity contribution is -0.881. The average Bonchev–Trinajstić information content (AvgIpc) is 2.59. The molecule has 0 aliphatic heterocycles. The summed E-state index contributed by atoms with van der Waals surface area (Å²) in [5, 5.41) is 7.64. The van der Waals surface area contributed by atoms with E-state index in [4.69, 9.17) is 0 Å². The number of hydrogen-bond acceptors (Lipinski definition) is 5. The molecule has 1 unspecified atom stereocenters. The van der Waals surface area contributed by atoms with Crippen LogP contribution in [0.15, 0.2) is 0 Å². The Balaban J connectivity index is 1.44. The van der Waals surface area contributed by atoms with E-state index in [9.17, 15) is 19.2 Å². The number of carbonyl (C=O) groups excluding carboxylic acids is 4. The van der Waals surface area contributed by atoms with E-state index in [0.717, 1.165) is 19.3 Å². The van der Waals surface area contributed by atoms with Gasteiger partial charge in [-0.1, -0.05) is 0 Å². The number of quaternary nitrogens is 1. The normalized spacial score (nSPS) is 30.3. The van der Waals surface area contributed by atoms with Crippen LogP contribution in [0, 0.1) is 17.8 Å². The van der Waals surface area contributed by atoms with Crippen LogP contribution in [0.2, 0.25) is 0 Å². The van der Waals surface area contributed by atoms with Crippen LogP contribution in [-0.4, -0.2) is 55.7 Å². The van der Waals surface area contributed by atoms with Crippen LogP contribution >= 0.6 is 0 Å². The summed E-state index contributed by atoms with van der Waals surface area (Å²) >= 11 is 0. The number of rotatable bonds is 7. The minimum atomic E-state index is -0.799. The summed E-state index contributed by atoms with van der Waals surface area (Å²) in [4.78, 5) is 48.6. The van der Waals surface area contributed by atoms with Gasteiger partial charge in [-0.05, 0) is 70.1 Å². The molecule has 4 N–H and O–H groups in total. The highest BCUT2D eigenvalue weighted by atomic mass is 16.5. The van der Waals surface area contributed by atoms with Gasteiger partial charge < -0.3 is 15.0 Å². The summed E-state index contributed by atoms with van der Waals surface area (Å²) in [6.07, 6.45) is 6.09. The highest BCUT2D eigenvalue weighted by Gasteiger charge is 2.51. The van der Waals surface area contributed by atoms with E-state index in [1.807, 2.05) is 6.92 Å². The van der Waals surface area contributed by atoms with Gasteiger partial charge in [0.1, 0.15) is 0 Å². The lowest BCUT2D eigenvalue weighted by atomic mass is 9.53. The van der Waals surface area contributed by atoms with E-state index in [1.165, 1.54) is 19.3 Å². The number of alkyl carbamates (subject to hydrolysis) is 1. The summed E-state index contributed by atoms with van der Waals surface area (Å²) in [5.74, 6) is 1.15. The first-order valence-corrected chi connectivity index (χ1v) is 10.7. The molecule has 4 saturated carbocycles. The van der Waals surface area contributed by atoms with Gasteiger partial charge in [-0.15, -0.1) is 0 Å². The minimum Gasteiger partial charge on any atom is -0.450 e. The van der Waals surface area contributed by atoms with Crippen LogP contribution in [0.3, 0.4) is 0 Å². The van der Waals surface area contributed by atoms with E-state index in [2.05, 4.69) is 20.7 Å². The SMILES string of the molecule is CCOC(=O)NC(=O)C[NH+](CC)CC(=O)NC(=O)NC12CC3CC(CC(C3)C1)C2. The third kappa shape index (κ3) is 5.68. The fraction of sp³-hybridized carbons (Fsp3) is 0.800. The zero-order valence-corrected chi connectivity index (χ0v) is 17.3. The number of likely N-dealkylation sites (N-methyl/N-ethyl adjacent to an activating group) is 1. The minimum absolute atomic E-state index is 0.0267. The lowest BCUT2D eigenvalue weighted by Gasteiger charge is -2.56. The predicted octanol–water partition coefficient (Wildman–Crippen LogP) is -0.0415. The Morgan fingerprint density at radius 3 is 1.90 bits per heavy atom. The van der Waals surface area contributed by atoms with Gasteiger partial charge in [0.2, 0.25) is 0 Å². The Kier molecular flexibility index (Phi) is 6.77. The van der Waals surface area contributed by atoms with Crippen molar-refractivity contribution in [1.82, 2.24) is 16.0 Å². The Morgan fingerprint density at radius 2 is 1.41 bits per heavy atom. The first-order chi connectivity index (χ1) is 13.8. The first-order valence-electron chi connectivity index (χ1n) is 10.7. The average molecular weight is 410 g/mol. The maximum Gasteiger partial charge on any atom is 0.414 e. The van der Waals surface area contributed by atoms with Crippen molar-refractivity contribution in [2.24, 2.45) is 17.8 Å². The van der Waals surface area contributed by atoms with Crippen LogP contribution in [0.1, 0.15) is 52.4 Å². The van der Waals surface area contributed by atoms with Gasteiger partial charge in [0.15, 0.2) is 13.1 Å². The second kappa shape index (κ2) is 9.11. The number of carbonyl (C=O) groups is 4. The Labute approximate surface area is 171 Å². The molecule has 4 bridgehead atoms. The van der Waals surface area contributed by atoms with Gasteiger partial charge in [-0.3, -0.25) is 20.2 Å². The molecular formula is C20H33N4O5+. The molecule has 0 radical (unpaired) electrons. The molecule has 0 aromatic heterocycles. The van der Waals surface area contributed by atoms with E-state index >= 15 is 0 Å². The predicted molar refractivity (Wildman–Crippen MR) is 104 cm³/mol. The summed E-state index contributed by atoms with van der Waals surface area (Å²) in [5.41, 5.74) is -0.157. The summed E-state index contributed by atoms with van der Waals surface area (Å²) < 4.78 is 4.66. The molecule has 9 heteroatoms. The number of nitrogens with one attached hydrogen (secondary N) is 4. The van der Waals surface area contributed by atoms with Crippen LogP contribution < -0.4 is 20.9 Å². The van der Waals surface area contributed by atoms with Crippen molar-refractivity contribution in [2.75, 3.05) is 26.2 Å². The fourth-order valence-corrected chi connectivity index (χ4v) is 5.80. The Morgan fingerprint density at radius 1 is 0.897 bits per heavy atom. The van der Waals surface area contributed by atoms with Gasteiger partial charge in [0.25, 0.3) is 11.8 Å². The Hall–Kier alpha value is -2.16. The van der Waals surface area contributed by atoms with Crippen LogP contribution in [-0.2, 0) is 14.3 Å². The zero-order valence-electron chi connectivity index (χ0n) is 17.3. The Bertz CT molecular complexity index is 630. The van der Waals surface area contributed by atoms with Crippen molar-refractivity contribution in [3.05, 3.63) is 0 Å². The molecule has 4 fully saturated rings. The number of imide groups is 2. The molecule has 9 nitrogen and oxygen atoms in total. The van der Waals surface area contributed by atoms with Crippen molar-refractivity contribution in [2.45, 2.75) is 57.9 Å². The second-order valence-corrected chi connectivity index (χ2v) is 8.93. The van der Waals surface area contributed by atoms with Crippen molar-refractivity contribution >= 4 is 23.9 Å². The van der Waals surface area contributed by atoms with Gasteiger partial charge in [-0.2, -0.15) is 0 Å². The number of urea groups is 1. The molecule has 0 saturated heterocycles. The maximum atomic E-state index is 12.5. The third-order valence-corrected chi connectivity index (χ3v) is 6.51. The second-order valence-electron chi connectivity index (χ2n) is 8.93.